The molecule has 0 aliphatic carbocycles. The summed E-state index contributed by atoms with van der Waals surface area (Å²) in [5.41, 5.74) is 2.50. The van der Waals surface area contributed by atoms with Gasteiger partial charge in [0.05, 0.1) is 17.7 Å². The van der Waals surface area contributed by atoms with Crippen LogP contribution in [0.25, 0.3) is 32.8 Å². The molecule has 3 aromatic carbocycles. The van der Waals surface area contributed by atoms with Gasteiger partial charge in [-0.3, -0.25) is 9.88 Å². The average Bonchev–Trinajstić information content (AvgIpc) is 3.26. The van der Waals surface area contributed by atoms with E-state index in [4.69, 9.17) is 9.15 Å². The van der Waals surface area contributed by atoms with Crippen LogP contribution in [0.15, 0.2) is 83.4 Å². The van der Waals surface area contributed by atoms with Crippen molar-refractivity contribution in [3.63, 3.8) is 0 Å². The van der Waals surface area contributed by atoms with E-state index in [-0.39, 0.29) is 0 Å². The number of para-hydroxylation sites is 2. The maximum absolute atomic E-state index is 11.3. The second-order valence-corrected chi connectivity index (χ2v) is 9.36. The van der Waals surface area contributed by atoms with Crippen LogP contribution in [0, 0.1) is 0 Å². The fraction of sp³-hybridized carbons (Fsp3) is 0.276. The van der Waals surface area contributed by atoms with Crippen molar-refractivity contribution in [3.05, 3.63) is 84.6 Å². The van der Waals surface area contributed by atoms with Crippen LogP contribution in [-0.2, 0) is 5.60 Å². The number of hydrogen-bond donors (Lipinski definition) is 2. The smallest absolute Gasteiger partial charge is 0.139 e. The number of fused-ring (bicyclic) bond motifs is 4. The van der Waals surface area contributed by atoms with Gasteiger partial charge in [0.1, 0.15) is 23.1 Å². The predicted molar refractivity (Wildman–Crippen MR) is 136 cm³/mol. The van der Waals surface area contributed by atoms with Gasteiger partial charge in [0.2, 0.25) is 0 Å². The van der Waals surface area contributed by atoms with Gasteiger partial charge in [-0.05, 0) is 43.2 Å². The van der Waals surface area contributed by atoms with Gasteiger partial charge in [0.15, 0.2) is 0 Å². The van der Waals surface area contributed by atoms with Crippen molar-refractivity contribution in [2.45, 2.75) is 31.1 Å². The third-order valence-corrected chi connectivity index (χ3v) is 7.17. The Bertz CT molecular complexity index is 1490. The van der Waals surface area contributed by atoms with E-state index >= 15 is 0 Å². The van der Waals surface area contributed by atoms with Gasteiger partial charge in [-0.2, -0.15) is 0 Å². The molecule has 1 atom stereocenters. The monoisotopic (exact) mass is 468 g/mol. The van der Waals surface area contributed by atoms with Crippen LogP contribution in [0.4, 0.5) is 0 Å². The molecule has 5 aromatic rings. The summed E-state index contributed by atoms with van der Waals surface area (Å²) in [6.45, 7) is 1.60. The topological polar surface area (TPSA) is 79.0 Å². The molecule has 0 radical (unpaired) electrons. The number of nitrogens with zero attached hydrogens (tertiary/aromatic N) is 2. The Kier molecular flexibility index (Phi) is 5.65. The molecule has 6 nitrogen and oxygen atoms in total. The molecule has 2 aromatic heterocycles. The van der Waals surface area contributed by atoms with Gasteiger partial charge in [0, 0.05) is 53.5 Å². The predicted octanol–water partition coefficient (Wildman–Crippen LogP) is 5.21. The summed E-state index contributed by atoms with van der Waals surface area (Å²) in [6.07, 6.45) is 2.74. The van der Waals surface area contributed by atoms with Gasteiger partial charge in [-0.1, -0.05) is 36.4 Å². The maximum Gasteiger partial charge on any atom is 0.139 e. The fourth-order valence-corrected chi connectivity index (χ4v) is 5.07. The van der Waals surface area contributed by atoms with E-state index in [0.29, 0.717) is 39.0 Å². The standard InChI is InChI=1S/C29H28N2O4/c32-28(11-16-34-22-9-10-24-23-6-2-4-8-26(23)35-27(24)18-22)31-14-12-29(33,13-15-31)21-17-20-5-1-3-7-25(20)30-19-21/h1-10,17-19,28,32-33H,11-16H2/t28-/m0/s1. The molecule has 0 unspecified atom stereocenters. The van der Waals surface area contributed by atoms with Crippen molar-refractivity contribution in [2.24, 2.45) is 0 Å². The van der Waals surface area contributed by atoms with Crippen LogP contribution >= 0.6 is 0 Å². The molecule has 3 heterocycles. The Morgan fingerprint density at radius 3 is 2.60 bits per heavy atom. The Morgan fingerprint density at radius 1 is 0.943 bits per heavy atom. The first-order valence-electron chi connectivity index (χ1n) is 12.1. The number of piperidine rings is 1. The van der Waals surface area contributed by atoms with Gasteiger partial charge < -0.3 is 19.4 Å². The molecule has 0 amide bonds. The minimum absolute atomic E-state index is 0.391. The third kappa shape index (κ3) is 4.25. The number of likely N-dealkylation sites (tertiary alicyclic amines) is 1. The first-order chi connectivity index (χ1) is 17.1. The van der Waals surface area contributed by atoms with Gasteiger partial charge in [-0.15, -0.1) is 0 Å². The summed E-state index contributed by atoms with van der Waals surface area (Å²) in [7, 11) is 0. The highest BCUT2D eigenvalue weighted by Crippen LogP contribution is 2.35. The number of ether oxygens (including phenoxy) is 1. The Labute approximate surface area is 203 Å². The molecule has 6 rings (SSSR count). The number of aliphatic hydroxyl groups is 2. The normalized spacial score (nSPS) is 17.2. The van der Waals surface area contributed by atoms with Crippen LogP contribution in [0.5, 0.6) is 5.75 Å². The number of rotatable bonds is 6. The first-order valence-corrected chi connectivity index (χ1v) is 12.1. The van der Waals surface area contributed by atoms with E-state index in [1.807, 2.05) is 77.7 Å². The summed E-state index contributed by atoms with van der Waals surface area (Å²) < 4.78 is 11.8. The van der Waals surface area contributed by atoms with Crippen molar-refractivity contribution in [1.82, 2.24) is 9.88 Å². The van der Waals surface area contributed by atoms with Crippen molar-refractivity contribution >= 4 is 32.8 Å². The summed E-state index contributed by atoms with van der Waals surface area (Å²) >= 11 is 0. The zero-order valence-electron chi connectivity index (χ0n) is 19.4. The Balaban J connectivity index is 1.05. The van der Waals surface area contributed by atoms with Crippen molar-refractivity contribution < 1.29 is 19.4 Å². The largest absolute Gasteiger partial charge is 0.493 e. The lowest BCUT2D eigenvalue weighted by Gasteiger charge is -2.40. The first kappa shape index (κ1) is 22.0. The molecule has 1 aliphatic rings. The van der Waals surface area contributed by atoms with Gasteiger partial charge in [0.25, 0.3) is 0 Å². The number of pyridine rings is 1. The maximum atomic E-state index is 11.3. The molecule has 2 N–H and O–H groups in total. The van der Waals surface area contributed by atoms with Gasteiger partial charge >= 0.3 is 0 Å². The van der Waals surface area contributed by atoms with Crippen LogP contribution in [0.1, 0.15) is 24.8 Å². The Morgan fingerprint density at radius 2 is 1.71 bits per heavy atom. The summed E-state index contributed by atoms with van der Waals surface area (Å²) in [5, 5.41) is 25.2. The lowest BCUT2D eigenvalue weighted by molar-refractivity contribution is -0.0819. The zero-order chi connectivity index (χ0) is 23.8. The van der Waals surface area contributed by atoms with Crippen molar-refractivity contribution in [1.29, 1.82) is 0 Å². The number of aromatic nitrogens is 1. The van der Waals surface area contributed by atoms with E-state index in [1.54, 1.807) is 6.20 Å². The van der Waals surface area contributed by atoms with Crippen molar-refractivity contribution in [3.8, 4) is 5.75 Å². The minimum Gasteiger partial charge on any atom is -0.493 e. The van der Waals surface area contributed by atoms with Crippen LogP contribution in [0.2, 0.25) is 0 Å². The molecule has 6 heteroatoms. The van der Waals surface area contributed by atoms with E-state index < -0.39 is 11.8 Å². The van der Waals surface area contributed by atoms with E-state index in [2.05, 4.69) is 4.98 Å². The molecule has 1 aliphatic heterocycles. The molecular formula is C29H28N2O4. The molecule has 0 bridgehead atoms. The second-order valence-electron chi connectivity index (χ2n) is 9.36. The summed E-state index contributed by atoms with van der Waals surface area (Å²) in [4.78, 5) is 6.52. The van der Waals surface area contributed by atoms with E-state index in [9.17, 15) is 10.2 Å². The molecule has 178 valence electrons. The quantitative estimate of drug-likeness (QED) is 0.356. The number of furan rings is 1. The van der Waals surface area contributed by atoms with E-state index in [0.717, 1.165) is 44.2 Å². The SMILES string of the molecule is O[C@@H](CCOc1ccc2c(c1)oc1ccccc12)N1CCC(O)(c2cnc3ccccc3c2)CC1. The molecule has 0 saturated carbocycles. The van der Waals surface area contributed by atoms with Crippen LogP contribution in [-0.4, -0.2) is 46.0 Å². The second kappa shape index (κ2) is 8.96. The number of hydrogen-bond acceptors (Lipinski definition) is 6. The van der Waals surface area contributed by atoms with Crippen molar-refractivity contribution in [2.75, 3.05) is 19.7 Å². The third-order valence-electron chi connectivity index (χ3n) is 7.17. The number of aliphatic hydroxyl groups excluding tert-OH is 1. The summed E-state index contributed by atoms with van der Waals surface area (Å²) in [5.74, 6) is 0.723. The highest BCUT2D eigenvalue weighted by molar-refractivity contribution is 6.05. The molecule has 1 fully saturated rings. The molecular weight excluding hydrogens is 440 g/mol. The molecule has 1 saturated heterocycles. The van der Waals surface area contributed by atoms with E-state index in [1.165, 1.54) is 0 Å². The summed E-state index contributed by atoms with van der Waals surface area (Å²) in [6, 6.07) is 23.8. The zero-order valence-corrected chi connectivity index (χ0v) is 19.4. The highest BCUT2D eigenvalue weighted by atomic mass is 16.5. The Hall–Kier alpha value is -3.45. The lowest BCUT2D eigenvalue weighted by atomic mass is 9.84. The minimum atomic E-state index is -0.925. The number of benzene rings is 3. The highest BCUT2D eigenvalue weighted by Gasteiger charge is 2.36. The van der Waals surface area contributed by atoms with Crippen LogP contribution < -0.4 is 4.74 Å². The van der Waals surface area contributed by atoms with Gasteiger partial charge in [-0.25, -0.2) is 0 Å². The molecule has 35 heavy (non-hydrogen) atoms. The fourth-order valence-electron chi connectivity index (χ4n) is 5.07. The lowest BCUT2D eigenvalue weighted by Crippen LogP contribution is -2.47. The van der Waals surface area contributed by atoms with Crippen LogP contribution in [0.3, 0.4) is 0 Å². The average molecular weight is 469 g/mol. The molecule has 0 spiro atoms.